The van der Waals surface area contributed by atoms with Crippen LogP contribution in [-0.2, 0) is 4.74 Å². The fraction of sp³-hybridized carbons (Fsp3) is 0.308. The lowest BCUT2D eigenvalue weighted by atomic mass is 10.2. The van der Waals surface area contributed by atoms with Crippen molar-refractivity contribution in [1.29, 1.82) is 0 Å². The van der Waals surface area contributed by atoms with E-state index in [0.29, 0.717) is 42.6 Å². The lowest BCUT2D eigenvalue weighted by molar-refractivity contribution is 0.122. The number of aromatic nitrogens is 4. The van der Waals surface area contributed by atoms with E-state index >= 15 is 0 Å². The number of halogens is 1. The fourth-order valence-corrected chi connectivity index (χ4v) is 4.16. The standard InChI is InChI=1S/C26H29ClN8O2/c1-36-20-6-4-19(5-7-20)31-25-32-24(33-26(34-25)35-13-15-37-16-14-35)30-11-2-10-28-22-9-12-29-23-17-18(27)3-8-21(22)23/h3-9,12,17H,2,10-11,13-16H2,1H3,(H,28,29)(H2,30,31,32,33,34). The zero-order chi connectivity index (χ0) is 25.5. The average molecular weight is 521 g/mol. The smallest absolute Gasteiger partial charge is 0.233 e. The number of hydrogen-bond donors (Lipinski definition) is 3. The van der Waals surface area contributed by atoms with Crippen LogP contribution >= 0.6 is 11.6 Å². The zero-order valence-corrected chi connectivity index (χ0v) is 21.3. The van der Waals surface area contributed by atoms with Gasteiger partial charge in [0.25, 0.3) is 0 Å². The molecule has 1 aliphatic rings. The molecule has 11 heteroatoms. The van der Waals surface area contributed by atoms with Crippen molar-refractivity contribution in [3.63, 3.8) is 0 Å². The normalized spacial score (nSPS) is 13.4. The molecule has 1 fully saturated rings. The van der Waals surface area contributed by atoms with Crippen molar-refractivity contribution in [3.8, 4) is 5.75 Å². The number of morpholine rings is 1. The first-order chi connectivity index (χ1) is 18.2. The summed E-state index contributed by atoms with van der Waals surface area (Å²) < 4.78 is 10.7. The highest BCUT2D eigenvalue weighted by Crippen LogP contribution is 2.24. The summed E-state index contributed by atoms with van der Waals surface area (Å²) in [6.07, 6.45) is 2.64. The highest BCUT2D eigenvalue weighted by atomic mass is 35.5. The Balaban J connectivity index is 1.23. The van der Waals surface area contributed by atoms with Crippen molar-refractivity contribution in [2.24, 2.45) is 0 Å². The van der Waals surface area contributed by atoms with Gasteiger partial charge in [0.15, 0.2) is 0 Å². The zero-order valence-electron chi connectivity index (χ0n) is 20.6. The van der Waals surface area contributed by atoms with Crippen molar-refractivity contribution in [3.05, 3.63) is 59.8 Å². The number of ether oxygens (including phenoxy) is 2. The van der Waals surface area contributed by atoms with Gasteiger partial charge in [-0.05, 0) is 55.0 Å². The van der Waals surface area contributed by atoms with Crippen LogP contribution in [0.5, 0.6) is 5.75 Å². The predicted molar refractivity (Wildman–Crippen MR) is 147 cm³/mol. The molecule has 10 nitrogen and oxygen atoms in total. The molecule has 0 atom stereocenters. The molecule has 0 bridgehead atoms. The molecule has 37 heavy (non-hydrogen) atoms. The molecule has 3 N–H and O–H groups in total. The Bertz CT molecular complexity index is 1330. The minimum Gasteiger partial charge on any atom is -0.497 e. The molecule has 2 aromatic carbocycles. The fourth-order valence-electron chi connectivity index (χ4n) is 3.99. The molecule has 0 spiro atoms. The van der Waals surface area contributed by atoms with Crippen molar-refractivity contribution >= 4 is 51.7 Å². The number of fused-ring (bicyclic) bond motifs is 1. The third-order valence-corrected chi connectivity index (χ3v) is 6.16. The third-order valence-electron chi connectivity index (χ3n) is 5.92. The Morgan fingerprint density at radius 1 is 0.946 bits per heavy atom. The SMILES string of the molecule is COc1ccc(Nc2nc(NCCCNc3ccnc4cc(Cl)ccc34)nc(N3CCOCC3)n2)cc1. The van der Waals surface area contributed by atoms with E-state index in [2.05, 4.69) is 40.8 Å². The molecule has 5 rings (SSSR count). The quantitative estimate of drug-likeness (QED) is 0.257. The van der Waals surface area contributed by atoms with E-state index in [-0.39, 0.29) is 0 Å². The highest BCUT2D eigenvalue weighted by molar-refractivity contribution is 6.31. The van der Waals surface area contributed by atoms with Crippen LogP contribution in [0.2, 0.25) is 5.02 Å². The van der Waals surface area contributed by atoms with Gasteiger partial charge >= 0.3 is 0 Å². The van der Waals surface area contributed by atoms with E-state index < -0.39 is 0 Å². The van der Waals surface area contributed by atoms with Gasteiger partial charge in [-0.2, -0.15) is 15.0 Å². The summed E-state index contributed by atoms with van der Waals surface area (Å²) in [5.74, 6) is 2.41. The summed E-state index contributed by atoms with van der Waals surface area (Å²) in [5.41, 5.74) is 2.76. The van der Waals surface area contributed by atoms with Gasteiger partial charge in [-0.25, -0.2) is 0 Å². The first-order valence-corrected chi connectivity index (χ1v) is 12.6. The molecule has 1 aliphatic heterocycles. The molecule has 0 unspecified atom stereocenters. The topological polar surface area (TPSA) is 109 Å². The molecule has 0 aliphatic carbocycles. The second-order valence-electron chi connectivity index (χ2n) is 8.46. The first kappa shape index (κ1) is 24.8. The van der Waals surface area contributed by atoms with E-state index in [1.165, 1.54) is 0 Å². The van der Waals surface area contributed by atoms with Gasteiger partial charge in [0.1, 0.15) is 5.75 Å². The number of methoxy groups -OCH3 is 1. The van der Waals surface area contributed by atoms with Gasteiger partial charge in [0.05, 0.1) is 25.8 Å². The van der Waals surface area contributed by atoms with Crippen LogP contribution in [0.4, 0.5) is 29.2 Å². The van der Waals surface area contributed by atoms with Crippen LogP contribution in [0, 0.1) is 0 Å². The summed E-state index contributed by atoms with van der Waals surface area (Å²) in [7, 11) is 1.64. The number of hydrogen-bond acceptors (Lipinski definition) is 10. The lowest BCUT2D eigenvalue weighted by Gasteiger charge is -2.27. The highest BCUT2D eigenvalue weighted by Gasteiger charge is 2.17. The number of anilines is 5. The van der Waals surface area contributed by atoms with Crippen LogP contribution in [0.1, 0.15) is 6.42 Å². The Kier molecular flexibility index (Phi) is 7.97. The molecule has 0 saturated carbocycles. The van der Waals surface area contributed by atoms with Gasteiger partial charge in [-0.1, -0.05) is 11.6 Å². The van der Waals surface area contributed by atoms with E-state index in [1.54, 1.807) is 13.3 Å². The van der Waals surface area contributed by atoms with Gasteiger partial charge in [0, 0.05) is 54.2 Å². The van der Waals surface area contributed by atoms with E-state index in [0.717, 1.165) is 54.1 Å². The maximum atomic E-state index is 6.10. The third kappa shape index (κ3) is 6.46. The monoisotopic (exact) mass is 520 g/mol. The molecule has 1 saturated heterocycles. The summed E-state index contributed by atoms with van der Waals surface area (Å²) in [6, 6.07) is 15.3. The van der Waals surface area contributed by atoms with E-state index in [9.17, 15) is 0 Å². The van der Waals surface area contributed by atoms with Crippen molar-refractivity contribution in [2.45, 2.75) is 6.42 Å². The number of rotatable bonds is 10. The van der Waals surface area contributed by atoms with Crippen molar-refractivity contribution in [2.75, 3.05) is 67.4 Å². The van der Waals surface area contributed by atoms with Crippen LogP contribution < -0.4 is 25.6 Å². The van der Waals surface area contributed by atoms with Crippen LogP contribution in [0.3, 0.4) is 0 Å². The predicted octanol–water partition coefficient (Wildman–Crippen LogP) is 4.58. The van der Waals surface area contributed by atoms with E-state index in [4.69, 9.17) is 21.1 Å². The Morgan fingerprint density at radius 3 is 2.54 bits per heavy atom. The maximum Gasteiger partial charge on any atom is 0.233 e. The molecular formula is C26H29ClN8O2. The minimum atomic E-state index is 0.476. The van der Waals surface area contributed by atoms with Gasteiger partial charge < -0.3 is 30.3 Å². The van der Waals surface area contributed by atoms with Crippen molar-refractivity contribution < 1.29 is 9.47 Å². The van der Waals surface area contributed by atoms with Crippen LogP contribution in [-0.4, -0.2) is 66.4 Å². The van der Waals surface area contributed by atoms with Crippen LogP contribution in [0.25, 0.3) is 10.9 Å². The van der Waals surface area contributed by atoms with Gasteiger partial charge in [-0.15, -0.1) is 0 Å². The molecule has 0 radical (unpaired) electrons. The summed E-state index contributed by atoms with van der Waals surface area (Å²) in [4.78, 5) is 20.4. The molecule has 2 aromatic heterocycles. The number of nitrogens with one attached hydrogen (secondary N) is 3. The Labute approximate surface area is 220 Å². The first-order valence-electron chi connectivity index (χ1n) is 12.2. The van der Waals surface area contributed by atoms with Crippen molar-refractivity contribution in [1.82, 2.24) is 19.9 Å². The summed E-state index contributed by atoms with van der Waals surface area (Å²) in [6.45, 7) is 4.24. The van der Waals surface area contributed by atoms with E-state index in [1.807, 2.05) is 48.5 Å². The number of nitrogens with zero attached hydrogens (tertiary/aromatic N) is 5. The molecule has 3 heterocycles. The average Bonchev–Trinajstić information content (AvgIpc) is 2.93. The lowest BCUT2D eigenvalue weighted by Crippen LogP contribution is -2.37. The summed E-state index contributed by atoms with van der Waals surface area (Å²) in [5, 5.41) is 11.8. The minimum absolute atomic E-state index is 0.476. The van der Waals surface area contributed by atoms with Crippen LogP contribution in [0.15, 0.2) is 54.7 Å². The number of pyridine rings is 1. The molecule has 4 aromatic rings. The summed E-state index contributed by atoms with van der Waals surface area (Å²) >= 11 is 6.10. The molecule has 192 valence electrons. The van der Waals surface area contributed by atoms with Gasteiger partial charge in [-0.3, -0.25) is 4.98 Å². The molecule has 0 amide bonds. The Morgan fingerprint density at radius 2 is 1.73 bits per heavy atom. The van der Waals surface area contributed by atoms with Gasteiger partial charge in [0.2, 0.25) is 17.8 Å². The Hall–Kier alpha value is -3.89. The second kappa shape index (κ2) is 11.9. The largest absolute Gasteiger partial charge is 0.497 e. The maximum absolute atomic E-state index is 6.10. The second-order valence-corrected chi connectivity index (χ2v) is 8.90. The number of benzene rings is 2. The molecular weight excluding hydrogens is 492 g/mol.